The highest BCUT2D eigenvalue weighted by atomic mass is 79.9. The van der Waals surface area contributed by atoms with Crippen LogP contribution in [0.3, 0.4) is 0 Å². The van der Waals surface area contributed by atoms with E-state index in [0.717, 1.165) is 4.47 Å². The Balaban J connectivity index is 2.02. The van der Waals surface area contributed by atoms with Crippen LogP contribution in [0.5, 0.6) is 0 Å². The Labute approximate surface area is 114 Å². The van der Waals surface area contributed by atoms with Gasteiger partial charge in [-0.15, -0.1) is 0 Å². The maximum absolute atomic E-state index is 11.3. The minimum atomic E-state index is -2.82. The number of halogens is 2. The van der Waals surface area contributed by atoms with Gasteiger partial charge in [0.15, 0.2) is 0 Å². The van der Waals surface area contributed by atoms with Crippen LogP contribution >= 0.6 is 27.5 Å². The summed E-state index contributed by atoms with van der Waals surface area (Å²) in [5, 5.41) is 3.80. The molecule has 1 aromatic heterocycles. The van der Waals surface area contributed by atoms with Gasteiger partial charge in [0, 0.05) is 12.2 Å². The highest BCUT2D eigenvalue weighted by Crippen LogP contribution is 2.25. The van der Waals surface area contributed by atoms with Crippen LogP contribution in [0, 0.1) is 0 Å². The zero-order chi connectivity index (χ0) is 12.5. The van der Waals surface area contributed by atoms with Crippen molar-refractivity contribution in [2.24, 2.45) is 0 Å². The number of pyridine rings is 1. The van der Waals surface area contributed by atoms with Crippen LogP contribution in [0.15, 0.2) is 16.7 Å². The van der Waals surface area contributed by atoms with Crippen LogP contribution in [-0.4, -0.2) is 30.9 Å². The molecule has 2 rings (SSSR count). The largest absolute Gasteiger partial charge is 0.366 e. The topological polar surface area (TPSA) is 59.1 Å². The highest BCUT2D eigenvalue weighted by Gasteiger charge is 2.24. The summed E-state index contributed by atoms with van der Waals surface area (Å²) in [6.45, 7) is 0. The molecule has 1 fully saturated rings. The Hall–Kier alpha value is -0.330. The van der Waals surface area contributed by atoms with Crippen LogP contribution in [0.2, 0.25) is 5.02 Å². The van der Waals surface area contributed by atoms with Crippen molar-refractivity contribution in [2.75, 3.05) is 16.8 Å². The third-order valence-electron chi connectivity index (χ3n) is 2.70. The van der Waals surface area contributed by atoms with Crippen molar-refractivity contribution in [1.82, 2.24) is 4.98 Å². The molecule has 0 spiro atoms. The second kappa shape index (κ2) is 5.12. The number of hydrogen-bond donors (Lipinski definition) is 1. The minimum absolute atomic E-state index is 0.156. The van der Waals surface area contributed by atoms with Gasteiger partial charge < -0.3 is 5.32 Å². The summed E-state index contributed by atoms with van der Waals surface area (Å²) in [4.78, 5) is 4.17. The van der Waals surface area contributed by atoms with E-state index in [0.29, 0.717) is 23.7 Å². The summed E-state index contributed by atoms with van der Waals surface area (Å²) < 4.78 is 23.4. The molecule has 1 aliphatic heterocycles. The Morgan fingerprint density at radius 2 is 2.06 bits per heavy atom. The molecule has 1 aliphatic rings. The SMILES string of the molecule is O=S1(=O)CCC(Nc2ncc(Cl)cc2Br)CC1. The lowest BCUT2D eigenvalue weighted by Crippen LogP contribution is -2.32. The van der Waals surface area contributed by atoms with E-state index in [9.17, 15) is 8.42 Å². The number of nitrogens with one attached hydrogen (secondary N) is 1. The standard InChI is InChI=1S/C10H12BrClN2O2S/c11-9-5-7(12)6-13-10(9)14-8-1-3-17(15,16)4-2-8/h5-6,8H,1-4H2,(H,13,14). The van der Waals surface area contributed by atoms with Crippen LogP contribution in [0.25, 0.3) is 0 Å². The molecule has 0 radical (unpaired) electrons. The summed E-state index contributed by atoms with van der Waals surface area (Å²) in [6.07, 6.45) is 2.81. The van der Waals surface area contributed by atoms with Crippen molar-refractivity contribution in [3.63, 3.8) is 0 Å². The molecule has 1 saturated heterocycles. The average molecular weight is 340 g/mol. The molecule has 7 heteroatoms. The van der Waals surface area contributed by atoms with E-state index in [1.165, 1.54) is 0 Å². The van der Waals surface area contributed by atoms with Gasteiger partial charge in [-0.2, -0.15) is 0 Å². The molecule has 0 aromatic carbocycles. The number of nitrogens with zero attached hydrogens (tertiary/aromatic N) is 1. The molecular formula is C10H12BrClN2O2S. The first kappa shape index (κ1) is 13.1. The summed E-state index contributed by atoms with van der Waals surface area (Å²) in [7, 11) is -2.82. The lowest BCUT2D eigenvalue weighted by atomic mass is 10.1. The third-order valence-corrected chi connectivity index (χ3v) is 5.23. The average Bonchev–Trinajstić information content (AvgIpc) is 2.25. The van der Waals surface area contributed by atoms with Gasteiger partial charge in [0.05, 0.1) is 21.0 Å². The van der Waals surface area contributed by atoms with E-state index in [-0.39, 0.29) is 17.5 Å². The van der Waals surface area contributed by atoms with Crippen molar-refractivity contribution < 1.29 is 8.42 Å². The van der Waals surface area contributed by atoms with E-state index in [4.69, 9.17) is 11.6 Å². The fourth-order valence-electron chi connectivity index (χ4n) is 1.75. The van der Waals surface area contributed by atoms with Gasteiger partial charge in [-0.3, -0.25) is 0 Å². The number of rotatable bonds is 2. The zero-order valence-electron chi connectivity index (χ0n) is 8.99. The van der Waals surface area contributed by atoms with E-state index < -0.39 is 9.84 Å². The normalized spacial score (nSPS) is 20.1. The van der Waals surface area contributed by atoms with Gasteiger partial charge in [0.1, 0.15) is 15.7 Å². The predicted octanol–water partition coefficient (Wildman–Crippen LogP) is 2.49. The van der Waals surface area contributed by atoms with Crippen molar-refractivity contribution in [2.45, 2.75) is 18.9 Å². The van der Waals surface area contributed by atoms with E-state index in [2.05, 4.69) is 26.2 Å². The summed E-state index contributed by atoms with van der Waals surface area (Å²) in [6, 6.07) is 1.92. The molecule has 1 N–H and O–H groups in total. The first-order valence-corrected chi connectivity index (χ1v) is 8.23. The smallest absolute Gasteiger partial charge is 0.150 e. The predicted molar refractivity (Wildman–Crippen MR) is 72.2 cm³/mol. The summed E-state index contributed by atoms with van der Waals surface area (Å²) >= 11 is 9.17. The fraction of sp³-hybridized carbons (Fsp3) is 0.500. The van der Waals surface area contributed by atoms with Crippen LogP contribution in [0.4, 0.5) is 5.82 Å². The molecule has 0 saturated carbocycles. The maximum Gasteiger partial charge on any atom is 0.150 e. The molecule has 2 heterocycles. The first-order valence-electron chi connectivity index (χ1n) is 5.24. The monoisotopic (exact) mass is 338 g/mol. The van der Waals surface area contributed by atoms with Gasteiger partial charge in [-0.1, -0.05) is 11.6 Å². The molecule has 94 valence electrons. The highest BCUT2D eigenvalue weighted by molar-refractivity contribution is 9.10. The fourth-order valence-corrected chi connectivity index (χ4v) is 3.99. The van der Waals surface area contributed by atoms with Gasteiger partial charge in [-0.05, 0) is 34.8 Å². The van der Waals surface area contributed by atoms with Gasteiger partial charge in [0.2, 0.25) is 0 Å². The van der Waals surface area contributed by atoms with Crippen molar-refractivity contribution >= 4 is 43.2 Å². The Bertz CT molecular complexity index is 507. The Morgan fingerprint density at radius 1 is 1.41 bits per heavy atom. The Morgan fingerprint density at radius 3 is 2.65 bits per heavy atom. The molecule has 17 heavy (non-hydrogen) atoms. The minimum Gasteiger partial charge on any atom is -0.366 e. The van der Waals surface area contributed by atoms with Crippen molar-refractivity contribution in [3.8, 4) is 0 Å². The van der Waals surface area contributed by atoms with Crippen LogP contribution in [0.1, 0.15) is 12.8 Å². The van der Waals surface area contributed by atoms with E-state index in [1.54, 1.807) is 12.3 Å². The molecule has 0 atom stereocenters. The lowest BCUT2D eigenvalue weighted by molar-refractivity contribution is 0.559. The van der Waals surface area contributed by atoms with E-state index >= 15 is 0 Å². The van der Waals surface area contributed by atoms with Crippen LogP contribution < -0.4 is 5.32 Å². The third kappa shape index (κ3) is 3.56. The molecule has 0 amide bonds. The number of hydrogen-bond acceptors (Lipinski definition) is 4. The molecule has 0 aliphatic carbocycles. The quantitative estimate of drug-likeness (QED) is 0.899. The van der Waals surface area contributed by atoms with Crippen molar-refractivity contribution in [3.05, 3.63) is 21.8 Å². The number of aromatic nitrogens is 1. The number of sulfone groups is 1. The second-order valence-electron chi connectivity index (χ2n) is 4.05. The molecule has 4 nitrogen and oxygen atoms in total. The van der Waals surface area contributed by atoms with Gasteiger partial charge in [0.25, 0.3) is 0 Å². The second-order valence-corrected chi connectivity index (χ2v) is 7.65. The van der Waals surface area contributed by atoms with E-state index in [1.807, 2.05) is 0 Å². The van der Waals surface area contributed by atoms with Crippen molar-refractivity contribution in [1.29, 1.82) is 0 Å². The lowest BCUT2D eigenvalue weighted by Gasteiger charge is -2.23. The maximum atomic E-state index is 11.3. The zero-order valence-corrected chi connectivity index (χ0v) is 12.1. The molecule has 0 bridgehead atoms. The van der Waals surface area contributed by atoms with Crippen LogP contribution in [-0.2, 0) is 9.84 Å². The van der Waals surface area contributed by atoms with Gasteiger partial charge >= 0.3 is 0 Å². The Kier molecular flexibility index (Phi) is 3.95. The summed E-state index contributed by atoms with van der Waals surface area (Å²) in [5.74, 6) is 1.20. The van der Waals surface area contributed by atoms with Gasteiger partial charge in [-0.25, -0.2) is 13.4 Å². The molecule has 1 aromatic rings. The summed E-state index contributed by atoms with van der Waals surface area (Å²) in [5.41, 5.74) is 0. The first-order chi connectivity index (χ1) is 7.96. The molecule has 0 unspecified atom stereocenters. The molecular weight excluding hydrogens is 328 g/mol. The number of anilines is 1.